The summed E-state index contributed by atoms with van der Waals surface area (Å²) in [5, 5.41) is 2.46. The third kappa shape index (κ3) is 6.76. The highest BCUT2D eigenvalue weighted by Crippen LogP contribution is 2.32. The highest BCUT2D eigenvalue weighted by Gasteiger charge is 2.34. The van der Waals surface area contributed by atoms with Gasteiger partial charge >= 0.3 is 0 Å². The zero-order valence-corrected chi connectivity index (χ0v) is 20.8. The quantitative estimate of drug-likeness (QED) is 0.393. The van der Waals surface area contributed by atoms with E-state index in [4.69, 9.17) is 9.47 Å². The largest absolute Gasteiger partial charge is 0.492 e. The molecule has 0 saturated carbocycles. The molecular weight excluding hydrogens is 476 g/mol. The molecule has 0 atom stereocenters. The van der Waals surface area contributed by atoms with Crippen LogP contribution in [-0.2, 0) is 9.59 Å². The molecule has 184 valence electrons. The number of rotatable bonds is 9. The number of imide groups is 1. The third-order valence-corrected chi connectivity index (χ3v) is 6.18. The van der Waals surface area contributed by atoms with Gasteiger partial charge in [0, 0.05) is 5.69 Å². The first-order valence-corrected chi connectivity index (χ1v) is 12.2. The summed E-state index contributed by atoms with van der Waals surface area (Å²) in [7, 11) is 0. The lowest BCUT2D eigenvalue weighted by molar-refractivity contribution is -0.123. The molecule has 1 aliphatic rings. The lowest BCUT2D eigenvalue weighted by Gasteiger charge is -2.13. The molecule has 1 N–H and O–H groups in total. The molecule has 0 spiro atoms. The van der Waals surface area contributed by atoms with Crippen LogP contribution in [0.5, 0.6) is 11.5 Å². The van der Waals surface area contributed by atoms with Gasteiger partial charge in [0.05, 0.1) is 11.4 Å². The zero-order chi connectivity index (χ0) is 25.5. The highest BCUT2D eigenvalue weighted by atomic mass is 32.2. The molecule has 1 aliphatic heterocycles. The second kappa shape index (κ2) is 11.6. The Labute approximate surface area is 214 Å². The average molecular weight is 503 g/mol. The topological polar surface area (TPSA) is 84.9 Å². The van der Waals surface area contributed by atoms with Crippen molar-refractivity contribution in [2.45, 2.75) is 13.8 Å². The van der Waals surface area contributed by atoms with Gasteiger partial charge in [-0.3, -0.25) is 19.3 Å². The normalized spacial score (nSPS) is 14.3. The van der Waals surface area contributed by atoms with Crippen LogP contribution < -0.4 is 14.8 Å². The molecule has 3 amide bonds. The number of aryl methyl sites for hydroxylation is 2. The summed E-state index contributed by atoms with van der Waals surface area (Å²) in [4.78, 5) is 38.9. The lowest BCUT2D eigenvalue weighted by atomic mass is 10.2. The van der Waals surface area contributed by atoms with Crippen LogP contribution in [0, 0.1) is 13.8 Å². The van der Waals surface area contributed by atoms with E-state index in [1.54, 1.807) is 30.3 Å². The van der Waals surface area contributed by atoms with Gasteiger partial charge in [-0.25, -0.2) is 0 Å². The number of benzene rings is 3. The maximum atomic E-state index is 12.8. The first kappa shape index (κ1) is 25.1. The van der Waals surface area contributed by atoms with Crippen LogP contribution in [0.15, 0.2) is 77.7 Å². The average Bonchev–Trinajstić information content (AvgIpc) is 3.10. The number of hydrogen-bond donors (Lipinski definition) is 1. The van der Waals surface area contributed by atoms with Crippen molar-refractivity contribution in [1.29, 1.82) is 0 Å². The summed E-state index contributed by atoms with van der Waals surface area (Å²) in [5.41, 5.74) is 3.51. The highest BCUT2D eigenvalue weighted by molar-refractivity contribution is 8.18. The number of carbonyl (C=O) groups is 3. The summed E-state index contributed by atoms with van der Waals surface area (Å²) < 4.78 is 11.3. The number of nitrogens with zero attached hydrogens (tertiary/aromatic N) is 1. The van der Waals surface area contributed by atoms with E-state index in [9.17, 15) is 14.4 Å². The molecule has 36 heavy (non-hydrogen) atoms. The van der Waals surface area contributed by atoms with Crippen molar-refractivity contribution >= 4 is 40.6 Å². The van der Waals surface area contributed by atoms with Crippen molar-refractivity contribution in [3.63, 3.8) is 0 Å². The number of anilines is 1. The molecule has 0 aliphatic carbocycles. The summed E-state index contributed by atoms with van der Waals surface area (Å²) in [6.07, 6.45) is 1.64. The molecule has 0 radical (unpaired) electrons. The molecule has 7 nitrogen and oxygen atoms in total. The Balaban J connectivity index is 1.32. The van der Waals surface area contributed by atoms with E-state index >= 15 is 0 Å². The molecule has 4 rings (SSSR count). The number of amides is 3. The monoisotopic (exact) mass is 502 g/mol. The Morgan fingerprint density at radius 2 is 1.61 bits per heavy atom. The van der Waals surface area contributed by atoms with Crippen LogP contribution in [-0.4, -0.2) is 41.7 Å². The Hall–Kier alpha value is -4.04. The number of thioether (sulfide) groups is 1. The van der Waals surface area contributed by atoms with Crippen LogP contribution in [0.3, 0.4) is 0 Å². The van der Waals surface area contributed by atoms with E-state index in [1.165, 1.54) is 4.90 Å². The minimum atomic E-state index is -0.360. The van der Waals surface area contributed by atoms with Crippen molar-refractivity contribution in [2.24, 2.45) is 0 Å². The van der Waals surface area contributed by atoms with Gasteiger partial charge in [-0.1, -0.05) is 36.4 Å². The third-order valence-electron chi connectivity index (χ3n) is 5.27. The molecule has 3 aromatic rings. The second-order valence-electron chi connectivity index (χ2n) is 8.28. The standard InChI is InChI=1S/C28H26N2O5S/c1-19-6-3-9-22(14-19)29-26(31)18-35-24-11-5-8-21(16-24)17-25-27(32)30(28(33)36-25)12-13-34-23-10-4-7-20(2)15-23/h3-11,14-17H,12-13,18H2,1-2H3,(H,29,31)/b25-17-. The van der Waals surface area contributed by atoms with E-state index < -0.39 is 0 Å². The van der Waals surface area contributed by atoms with Gasteiger partial charge in [0.1, 0.15) is 18.1 Å². The molecular formula is C28H26N2O5S. The van der Waals surface area contributed by atoms with Crippen LogP contribution in [0.2, 0.25) is 0 Å². The van der Waals surface area contributed by atoms with Crippen LogP contribution in [0.1, 0.15) is 16.7 Å². The van der Waals surface area contributed by atoms with Crippen LogP contribution in [0.4, 0.5) is 10.5 Å². The molecule has 8 heteroatoms. The Bertz CT molecular complexity index is 1320. The zero-order valence-electron chi connectivity index (χ0n) is 20.0. The van der Waals surface area contributed by atoms with Crippen LogP contribution >= 0.6 is 11.8 Å². The van der Waals surface area contributed by atoms with Gasteiger partial charge in [-0.15, -0.1) is 0 Å². The summed E-state index contributed by atoms with van der Waals surface area (Å²) in [6.45, 7) is 4.13. The lowest BCUT2D eigenvalue weighted by Crippen LogP contribution is -2.32. The van der Waals surface area contributed by atoms with E-state index in [2.05, 4.69) is 5.32 Å². The fourth-order valence-electron chi connectivity index (χ4n) is 3.57. The van der Waals surface area contributed by atoms with Gasteiger partial charge in [0.15, 0.2) is 6.61 Å². The summed E-state index contributed by atoms with van der Waals surface area (Å²) in [5.74, 6) is 0.539. The van der Waals surface area contributed by atoms with Gasteiger partial charge in [-0.2, -0.15) is 0 Å². The summed E-state index contributed by atoms with van der Waals surface area (Å²) >= 11 is 0.890. The smallest absolute Gasteiger partial charge is 0.293 e. The van der Waals surface area contributed by atoms with Crippen molar-refractivity contribution in [3.05, 3.63) is 94.4 Å². The number of hydrogen-bond acceptors (Lipinski definition) is 6. The Morgan fingerprint density at radius 1 is 0.917 bits per heavy atom. The van der Waals surface area contributed by atoms with E-state index in [1.807, 2.05) is 62.4 Å². The first-order valence-electron chi connectivity index (χ1n) is 11.4. The minimum absolute atomic E-state index is 0.158. The van der Waals surface area contributed by atoms with Crippen LogP contribution in [0.25, 0.3) is 6.08 Å². The molecule has 0 bridgehead atoms. The second-order valence-corrected chi connectivity index (χ2v) is 9.27. The van der Waals surface area contributed by atoms with Gasteiger partial charge < -0.3 is 14.8 Å². The van der Waals surface area contributed by atoms with Gasteiger partial charge in [0.2, 0.25) is 0 Å². The number of nitrogens with one attached hydrogen (secondary N) is 1. The molecule has 1 saturated heterocycles. The molecule has 1 fully saturated rings. The van der Waals surface area contributed by atoms with E-state index in [-0.39, 0.29) is 36.8 Å². The molecule has 0 unspecified atom stereocenters. The van der Waals surface area contributed by atoms with Crippen molar-refractivity contribution in [3.8, 4) is 11.5 Å². The van der Waals surface area contributed by atoms with Gasteiger partial charge in [-0.05, 0) is 84.8 Å². The maximum Gasteiger partial charge on any atom is 0.293 e. The van der Waals surface area contributed by atoms with E-state index in [0.717, 1.165) is 22.9 Å². The fraction of sp³-hybridized carbons (Fsp3) is 0.179. The molecule has 1 heterocycles. The SMILES string of the molecule is Cc1cccc(NC(=O)COc2cccc(/C=C3\SC(=O)N(CCOc4cccc(C)c4)C3=O)c2)c1. The maximum absolute atomic E-state index is 12.8. The number of carbonyl (C=O) groups excluding carboxylic acids is 3. The van der Waals surface area contributed by atoms with Crippen molar-refractivity contribution < 1.29 is 23.9 Å². The first-order chi connectivity index (χ1) is 17.4. The Morgan fingerprint density at radius 3 is 2.36 bits per heavy atom. The molecule has 3 aromatic carbocycles. The minimum Gasteiger partial charge on any atom is -0.492 e. The Kier molecular flexibility index (Phi) is 8.07. The summed E-state index contributed by atoms with van der Waals surface area (Å²) in [6, 6.07) is 22.1. The van der Waals surface area contributed by atoms with Gasteiger partial charge in [0.25, 0.3) is 17.1 Å². The predicted molar refractivity (Wildman–Crippen MR) is 141 cm³/mol. The predicted octanol–water partition coefficient (Wildman–Crippen LogP) is 5.44. The van der Waals surface area contributed by atoms with Crippen molar-refractivity contribution in [2.75, 3.05) is 25.1 Å². The van der Waals surface area contributed by atoms with Crippen molar-refractivity contribution in [1.82, 2.24) is 4.90 Å². The fourth-order valence-corrected chi connectivity index (χ4v) is 4.43. The molecule has 0 aromatic heterocycles. The van der Waals surface area contributed by atoms with E-state index in [0.29, 0.717) is 27.7 Å². The number of ether oxygens (including phenoxy) is 2.